The van der Waals surface area contributed by atoms with Gasteiger partial charge in [0.25, 0.3) is 0 Å². The molecular formula is C20H28N6O2. The molecule has 0 aromatic carbocycles. The molecule has 2 aliphatic rings. The van der Waals surface area contributed by atoms with Gasteiger partial charge in [-0.15, -0.1) is 0 Å². The first kappa shape index (κ1) is 18.7. The van der Waals surface area contributed by atoms with Crippen molar-refractivity contribution in [2.45, 2.75) is 26.3 Å². The van der Waals surface area contributed by atoms with E-state index in [-0.39, 0.29) is 11.8 Å². The Morgan fingerprint density at radius 3 is 2.79 bits per heavy atom. The smallest absolute Gasteiger partial charge is 0.227 e. The minimum absolute atomic E-state index is 0.0761. The first-order chi connectivity index (χ1) is 13.6. The quantitative estimate of drug-likeness (QED) is 0.854. The number of furan rings is 1. The molecule has 2 N–H and O–H groups in total. The van der Waals surface area contributed by atoms with Crippen LogP contribution in [0.25, 0.3) is 0 Å². The molecule has 0 radical (unpaired) electrons. The van der Waals surface area contributed by atoms with E-state index < -0.39 is 0 Å². The highest BCUT2D eigenvalue weighted by molar-refractivity contribution is 5.79. The Labute approximate surface area is 165 Å². The molecule has 8 nitrogen and oxygen atoms in total. The van der Waals surface area contributed by atoms with E-state index in [1.807, 2.05) is 30.0 Å². The highest BCUT2D eigenvalue weighted by Crippen LogP contribution is 2.22. The van der Waals surface area contributed by atoms with Gasteiger partial charge < -0.3 is 20.0 Å². The van der Waals surface area contributed by atoms with Crippen molar-refractivity contribution in [1.82, 2.24) is 19.8 Å². The van der Waals surface area contributed by atoms with Gasteiger partial charge in [-0.05, 0) is 38.4 Å². The fraction of sp³-hybridized carbons (Fsp3) is 0.550. The Kier molecular flexibility index (Phi) is 5.47. The molecular weight excluding hydrogens is 356 g/mol. The number of likely N-dealkylation sites (tertiary alicyclic amines) is 1. The van der Waals surface area contributed by atoms with E-state index >= 15 is 0 Å². The summed E-state index contributed by atoms with van der Waals surface area (Å²) >= 11 is 0. The number of carbonyl (C=O) groups is 1. The number of anilines is 2. The topological polar surface area (TPSA) is 91.7 Å². The fourth-order valence-corrected chi connectivity index (χ4v) is 4.17. The van der Waals surface area contributed by atoms with Crippen molar-refractivity contribution in [3.8, 4) is 0 Å². The van der Waals surface area contributed by atoms with Crippen molar-refractivity contribution in [3.05, 3.63) is 35.9 Å². The lowest BCUT2D eigenvalue weighted by Gasteiger charge is -2.39. The number of hydrogen-bond acceptors (Lipinski definition) is 7. The van der Waals surface area contributed by atoms with Gasteiger partial charge in [-0.1, -0.05) is 0 Å². The van der Waals surface area contributed by atoms with Crippen molar-refractivity contribution < 1.29 is 9.21 Å². The van der Waals surface area contributed by atoms with Crippen LogP contribution in [0.2, 0.25) is 0 Å². The van der Waals surface area contributed by atoms with Gasteiger partial charge in [0.2, 0.25) is 11.9 Å². The Hall–Kier alpha value is -2.61. The first-order valence-electron chi connectivity index (χ1n) is 9.98. The van der Waals surface area contributed by atoms with Crippen molar-refractivity contribution in [1.29, 1.82) is 0 Å². The number of hydrogen-bond donors (Lipinski definition) is 1. The Bertz CT molecular complexity index is 781. The number of amides is 1. The molecule has 2 aromatic heterocycles. The number of nitrogens with zero attached hydrogens (tertiary/aromatic N) is 5. The number of piperidine rings is 1. The molecule has 4 rings (SSSR count). The minimum Gasteiger partial charge on any atom is -0.468 e. The second-order valence-electron chi connectivity index (χ2n) is 7.69. The molecule has 1 atom stereocenters. The zero-order chi connectivity index (χ0) is 19.5. The van der Waals surface area contributed by atoms with Crippen molar-refractivity contribution in [3.63, 3.8) is 0 Å². The van der Waals surface area contributed by atoms with Gasteiger partial charge in [0, 0.05) is 44.5 Å². The molecule has 150 valence electrons. The third-order valence-electron chi connectivity index (χ3n) is 5.59. The molecule has 0 saturated carbocycles. The number of rotatable bonds is 4. The van der Waals surface area contributed by atoms with Gasteiger partial charge in [0.15, 0.2) is 0 Å². The van der Waals surface area contributed by atoms with Crippen LogP contribution < -0.4 is 10.6 Å². The van der Waals surface area contributed by atoms with Crippen LogP contribution in [0.3, 0.4) is 0 Å². The Morgan fingerprint density at radius 1 is 1.25 bits per heavy atom. The van der Waals surface area contributed by atoms with Gasteiger partial charge in [-0.3, -0.25) is 9.69 Å². The van der Waals surface area contributed by atoms with Crippen LogP contribution in [-0.4, -0.2) is 64.9 Å². The van der Waals surface area contributed by atoms with E-state index in [1.54, 1.807) is 6.26 Å². The summed E-state index contributed by atoms with van der Waals surface area (Å²) in [5.74, 6) is 2.46. The molecule has 0 unspecified atom stereocenters. The van der Waals surface area contributed by atoms with Gasteiger partial charge in [0.1, 0.15) is 11.6 Å². The average Bonchev–Trinajstić information content (AvgIpc) is 3.20. The molecule has 2 aromatic rings. The summed E-state index contributed by atoms with van der Waals surface area (Å²) in [5.41, 5.74) is 6.64. The average molecular weight is 384 g/mol. The summed E-state index contributed by atoms with van der Waals surface area (Å²) in [6, 6.07) is 5.85. The maximum Gasteiger partial charge on any atom is 0.227 e. The molecule has 1 amide bonds. The Morgan fingerprint density at radius 2 is 2.07 bits per heavy atom. The van der Waals surface area contributed by atoms with Crippen LogP contribution in [0.4, 0.5) is 11.8 Å². The summed E-state index contributed by atoms with van der Waals surface area (Å²) in [6.07, 6.45) is 3.72. The summed E-state index contributed by atoms with van der Waals surface area (Å²) in [7, 11) is 0. The predicted octanol–water partition coefficient (Wildman–Crippen LogP) is 1.52. The summed E-state index contributed by atoms with van der Waals surface area (Å²) in [4.78, 5) is 28.0. The van der Waals surface area contributed by atoms with Gasteiger partial charge in [-0.2, -0.15) is 4.98 Å². The number of nitrogens with two attached hydrogens (primary N) is 1. The highest BCUT2D eigenvalue weighted by atomic mass is 16.3. The summed E-state index contributed by atoms with van der Waals surface area (Å²) in [5, 5.41) is 0. The maximum atomic E-state index is 13.1. The summed E-state index contributed by atoms with van der Waals surface area (Å²) in [6.45, 7) is 7.49. The molecule has 0 aliphatic carbocycles. The second kappa shape index (κ2) is 8.18. The van der Waals surface area contributed by atoms with E-state index in [9.17, 15) is 4.79 Å². The standard InChI is InChI=1S/C20H28N6O2/c1-15-12-18(23-20(21)22-15)25-7-9-26(10-8-25)19(27)16-4-2-6-24(13-16)14-17-5-3-11-28-17/h3,5,11-12,16H,2,4,6-10,13-14H2,1H3,(H2,21,22,23)/t16-/m1/s1. The van der Waals surface area contributed by atoms with Crippen LogP contribution in [0.15, 0.2) is 28.9 Å². The largest absolute Gasteiger partial charge is 0.468 e. The fourth-order valence-electron chi connectivity index (χ4n) is 4.17. The van der Waals surface area contributed by atoms with Crippen LogP contribution in [0.5, 0.6) is 0 Å². The van der Waals surface area contributed by atoms with E-state index in [0.717, 1.165) is 75.9 Å². The van der Waals surface area contributed by atoms with E-state index in [4.69, 9.17) is 10.2 Å². The lowest BCUT2D eigenvalue weighted by Crippen LogP contribution is -2.52. The SMILES string of the molecule is Cc1cc(N2CCN(C(=O)[C@@H]3CCCN(Cc4ccco4)C3)CC2)nc(N)n1. The summed E-state index contributed by atoms with van der Waals surface area (Å²) < 4.78 is 5.46. The third kappa shape index (κ3) is 4.27. The lowest BCUT2D eigenvalue weighted by molar-refractivity contribution is -0.137. The van der Waals surface area contributed by atoms with Crippen molar-refractivity contribution in [2.24, 2.45) is 5.92 Å². The number of aryl methyl sites for hydroxylation is 1. The first-order valence-corrected chi connectivity index (χ1v) is 9.98. The molecule has 0 spiro atoms. The second-order valence-corrected chi connectivity index (χ2v) is 7.69. The van der Waals surface area contributed by atoms with Crippen LogP contribution >= 0.6 is 0 Å². The molecule has 0 bridgehead atoms. The zero-order valence-corrected chi connectivity index (χ0v) is 16.4. The predicted molar refractivity (Wildman–Crippen MR) is 107 cm³/mol. The molecule has 2 aliphatic heterocycles. The van der Waals surface area contributed by atoms with Gasteiger partial charge in [0.05, 0.1) is 18.7 Å². The molecule has 4 heterocycles. The number of piperazine rings is 1. The van der Waals surface area contributed by atoms with Gasteiger partial charge >= 0.3 is 0 Å². The van der Waals surface area contributed by atoms with E-state index in [0.29, 0.717) is 5.95 Å². The molecule has 2 saturated heterocycles. The molecule has 8 heteroatoms. The minimum atomic E-state index is 0.0761. The van der Waals surface area contributed by atoms with Crippen molar-refractivity contribution >= 4 is 17.7 Å². The lowest BCUT2D eigenvalue weighted by atomic mass is 9.96. The Balaban J connectivity index is 1.32. The number of nitrogen functional groups attached to an aromatic ring is 1. The van der Waals surface area contributed by atoms with Crippen molar-refractivity contribution in [2.75, 3.05) is 49.9 Å². The molecule has 2 fully saturated rings. The highest BCUT2D eigenvalue weighted by Gasteiger charge is 2.31. The van der Waals surface area contributed by atoms with Crippen LogP contribution in [0, 0.1) is 12.8 Å². The van der Waals surface area contributed by atoms with Crippen LogP contribution in [-0.2, 0) is 11.3 Å². The van der Waals surface area contributed by atoms with E-state index in [2.05, 4.69) is 19.8 Å². The zero-order valence-electron chi connectivity index (χ0n) is 16.4. The van der Waals surface area contributed by atoms with Crippen LogP contribution in [0.1, 0.15) is 24.3 Å². The molecule has 28 heavy (non-hydrogen) atoms. The maximum absolute atomic E-state index is 13.1. The number of aromatic nitrogens is 2. The third-order valence-corrected chi connectivity index (χ3v) is 5.59. The monoisotopic (exact) mass is 384 g/mol. The normalized spacial score (nSPS) is 21.1. The number of carbonyl (C=O) groups excluding carboxylic acids is 1. The van der Waals surface area contributed by atoms with E-state index in [1.165, 1.54) is 0 Å². The van der Waals surface area contributed by atoms with Gasteiger partial charge in [-0.25, -0.2) is 4.98 Å².